The minimum Gasteiger partial charge on any atom is -0.384 e. The summed E-state index contributed by atoms with van der Waals surface area (Å²) in [5.74, 6) is 0. The molecule has 0 radical (unpaired) electrons. The fourth-order valence-corrected chi connectivity index (χ4v) is 2.29. The van der Waals surface area contributed by atoms with E-state index in [9.17, 15) is 13.2 Å². The minimum atomic E-state index is -4.08. The van der Waals surface area contributed by atoms with Gasteiger partial charge >= 0.3 is 6.18 Å². The van der Waals surface area contributed by atoms with E-state index in [1.807, 2.05) is 12.1 Å². The van der Waals surface area contributed by atoms with Crippen molar-refractivity contribution >= 4 is 5.69 Å². The van der Waals surface area contributed by atoms with Crippen LogP contribution in [0.25, 0.3) is 0 Å². The highest BCUT2D eigenvalue weighted by Gasteiger charge is 2.26. The Kier molecular flexibility index (Phi) is 3.60. The minimum absolute atomic E-state index is 0.0417. The molecule has 0 atom stereocenters. The van der Waals surface area contributed by atoms with Crippen molar-refractivity contribution in [1.82, 2.24) is 0 Å². The van der Waals surface area contributed by atoms with Crippen molar-refractivity contribution in [3.05, 3.63) is 29.3 Å². The quantitative estimate of drug-likeness (QED) is 0.848. The lowest BCUT2D eigenvalue weighted by atomic mass is 9.90. The molecule has 1 N–H and O–H groups in total. The van der Waals surface area contributed by atoms with E-state index in [0.29, 0.717) is 0 Å². The molecule has 0 aliphatic heterocycles. The highest BCUT2D eigenvalue weighted by molar-refractivity contribution is 5.55. The second kappa shape index (κ2) is 4.98. The van der Waals surface area contributed by atoms with Crippen LogP contribution in [0.1, 0.15) is 30.4 Å². The maximum absolute atomic E-state index is 12.1. The van der Waals surface area contributed by atoms with Gasteiger partial charge in [0.1, 0.15) is 0 Å². The summed E-state index contributed by atoms with van der Waals surface area (Å²) < 4.78 is 36.2. The Hall–Kier alpha value is -1.19. The number of hydrogen-bond donors (Lipinski definition) is 1. The maximum Gasteiger partial charge on any atom is 0.390 e. The first-order valence-corrected chi connectivity index (χ1v) is 5.98. The van der Waals surface area contributed by atoms with Crippen molar-refractivity contribution in [3.8, 4) is 0 Å². The summed E-state index contributed by atoms with van der Waals surface area (Å²) in [7, 11) is 0. The second-order valence-electron chi connectivity index (χ2n) is 4.44. The molecule has 0 unspecified atom stereocenters. The number of fused-ring (bicyclic) bond motifs is 1. The molecule has 1 aliphatic carbocycles. The van der Waals surface area contributed by atoms with Crippen molar-refractivity contribution in [2.45, 2.75) is 38.3 Å². The molecule has 0 heterocycles. The lowest BCUT2D eigenvalue weighted by Crippen LogP contribution is -2.16. The summed E-state index contributed by atoms with van der Waals surface area (Å²) in [4.78, 5) is 0. The van der Waals surface area contributed by atoms with Crippen LogP contribution in [0, 0.1) is 0 Å². The van der Waals surface area contributed by atoms with Crippen molar-refractivity contribution in [3.63, 3.8) is 0 Å². The SMILES string of the molecule is FC(F)(F)CCNc1cccc2c1CCCC2. The van der Waals surface area contributed by atoms with Crippen LogP contribution in [0.2, 0.25) is 0 Å². The van der Waals surface area contributed by atoms with Crippen molar-refractivity contribution in [1.29, 1.82) is 0 Å². The molecule has 1 nitrogen and oxygen atoms in total. The molecular weight excluding hydrogens is 227 g/mol. The van der Waals surface area contributed by atoms with Crippen LogP contribution in [-0.4, -0.2) is 12.7 Å². The maximum atomic E-state index is 12.1. The van der Waals surface area contributed by atoms with Gasteiger partial charge in [0, 0.05) is 12.2 Å². The zero-order chi connectivity index (χ0) is 12.3. The number of rotatable bonds is 3. The molecule has 0 saturated carbocycles. The molecule has 2 rings (SSSR count). The summed E-state index contributed by atoms with van der Waals surface area (Å²) in [5.41, 5.74) is 3.38. The number of halogens is 3. The van der Waals surface area contributed by atoms with E-state index in [-0.39, 0.29) is 6.54 Å². The first-order valence-electron chi connectivity index (χ1n) is 5.98. The van der Waals surface area contributed by atoms with Gasteiger partial charge in [-0.15, -0.1) is 0 Å². The predicted octanol–water partition coefficient (Wildman–Crippen LogP) is 3.93. The monoisotopic (exact) mass is 243 g/mol. The van der Waals surface area contributed by atoms with E-state index in [0.717, 1.165) is 24.9 Å². The average Bonchev–Trinajstić information content (AvgIpc) is 2.28. The molecule has 0 fully saturated rings. The zero-order valence-corrected chi connectivity index (χ0v) is 9.61. The highest BCUT2D eigenvalue weighted by Crippen LogP contribution is 2.28. The summed E-state index contributed by atoms with van der Waals surface area (Å²) in [6, 6.07) is 5.87. The van der Waals surface area contributed by atoms with E-state index in [4.69, 9.17) is 0 Å². The normalized spacial score (nSPS) is 15.5. The lowest BCUT2D eigenvalue weighted by molar-refractivity contribution is -0.131. The van der Waals surface area contributed by atoms with Gasteiger partial charge in [-0.3, -0.25) is 0 Å². The van der Waals surface area contributed by atoms with Gasteiger partial charge in [-0.2, -0.15) is 13.2 Å². The predicted molar refractivity (Wildman–Crippen MR) is 62.2 cm³/mol. The molecule has 0 bridgehead atoms. The van der Waals surface area contributed by atoms with E-state index in [1.165, 1.54) is 17.5 Å². The van der Waals surface area contributed by atoms with E-state index >= 15 is 0 Å². The largest absolute Gasteiger partial charge is 0.390 e. The van der Waals surface area contributed by atoms with Crippen LogP contribution < -0.4 is 5.32 Å². The standard InChI is InChI=1S/C13H16F3N/c14-13(15,16)8-9-17-12-7-3-5-10-4-1-2-6-11(10)12/h3,5,7,17H,1-2,4,6,8-9H2. The number of aryl methyl sites for hydroxylation is 1. The second-order valence-corrected chi connectivity index (χ2v) is 4.44. The van der Waals surface area contributed by atoms with Crippen LogP contribution in [-0.2, 0) is 12.8 Å². The Morgan fingerprint density at radius 2 is 1.88 bits per heavy atom. The van der Waals surface area contributed by atoms with Crippen LogP contribution in [0.3, 0.4) is 0 Å². The Morgan fingerprint density at radius 1 is 1.12 bits per heavy atom. The topological polar surface area (TPSA) is 12.0 Å². The van der Waals surface area contributed by atoms with Gasteiger partial charge in [0.25, 0.3) is 0 Å². The number of nitrogens with one attached hydrogen (secondary N) is 1. The van der Waals surface area contributed by atoms with Gasteiger partial charge in [0.15, 0.2) is 0 Å². The number of alkyl halides is 3. The van der Waals surface area contributed by atoms with Gasteiger partial charge in [0.2, 0.25) is 0 Å². The van der Waals surface area contributed by atoms with E-state index in [1.54, 1.807) is 0 Å². The molecule has 94 valence electrons. The number of anilines is 1. The van der Waals surface area contributed by atoms with Crippen molar-refractivity contribution < 1.29 is 13.2 Å². The molecule has 1 aromatic carbocycles. The van der Waals surface area contributed by atoms with Crippen molar-refractivity contribution in [2.75, 3.05) is 11.9 Å². The Balaban J connectivity index is 2.01. The lowest BCUT2D eigenvalue weighted by Gasteiger charge is -2.20. The third-order valence-corrected chi connectivity index (χ3v) is 3.12. The highest BCUT2D eigenvalue weighted by atomic mass is 19.4. The summed E-state index contributed by atoms with van der Waals surface area (Å²) in [5, 5.41) is 2.91. The third-order valence-electron chi connectivity index (χ3n) is 3.12. The molecule has 4 heteroatoms. The molecule has 0 saturated heterocycles. The zero-order valence-electron chi connectivity index (χ0n) is 9.61. The first kappa shape index (κ1) is 12.3. The molecule has 0 spiro atoms. The summed E-state index contributed by atoms with van der Waals surface area (Å²) >= 11 is 0. The number of hydrogen-bond acceptors (Lipinski definition) is 1. The van der Waals surface area contributed by atoms with Gasteiger partial charge in [-0.25, -0.2) is 0 Å². The Bertz CT molecular complexity index is 385. The van der Waals surface area contributed by atoms with Crippen LogP contribution in [0.5, 0.6) is 0 Å². The third kappa shape index (κ3) is 3.38. The molecule has 1 aliphatic rings. The smallest absolute Gasteiger partial charge is 0.384 e. The first-order chi connectivity index (χ1) is 8.06. The van der Waals surface area contributed by atoms with Crippen LogP contribution in [0.4, 0.5) is 18.9 Å². The molecule has 0 aromatic heterocycles. The number of benzene rings is 1. The van der Waals surface area contributed by atoms with Crippen LogP contribution in [0.15, 0.2) is 18.2 Å². The van der Waals surface area contributed by atoms with Gasteiger partial charge in [-0.05, 0) is 42.9 Å². The molecule has 1 aromatic rings. The summed E-state index contributed by atoms with van der Waals surface area (Å²) in [6.07, 6.45) is -0.531. The fourth-order valence-electron chi connectivity index (χ4n) is 2.29. The Labute approximate surface area is 99.0 Å². The van der Waals surface area contributed by atoms with E-state index < -0.39 is 12.6 Å². The fraction of sp³-hybridized carbons (Fsp3) is 0.538. The summed E-state index contributed by atoms with van der Waals surface area (Å²) in [6.45, 7) is -0.0417. The molecule has 0 amide bonds. The molecular formula is C13H16F3N. The molecule has 17 heavy (non-hydrogen) atoms. The Morgan fingerprint density at radius 3 is 2.65 bits per heavy atom. The van der Waals surface area contributed by atoms with E-state index in [2.05, 4.69) is 11.4 Å². The van der Waals surface area contributed by atoms with Crippen molar-refractivity contribution in [2.24, 2.45) is 0 Å². The van der Waals surface area contributed by atoms with Gasteiger partial charge in [-0.1, -0.05) is 12.1 Å². The average molecular weight is 243 g/mol. The van der Waals surface area contributed by atoms with Gasteiger partial charge < -0.3 is 5.32 Å². The van der Waals surface area contributed by atoms with Crippen LogP contribution >= 0.6 is 0 Å². The van der Waals surface area contributed by atoms with Gasteiger partial charge in [0.05, 0.1) is 6.42 Å².